The molecule has 0 aliphatic heterocycles. The molecule has 3 N–H and O–H groups in total. The second-order valence-corrected chi connectivity index (χ2v) is 16.8. The van der Waals surface area contributed by atoms with Crippen LogP contribution < -0.4 is 19.5 Å². The van der Waals surface area contributed by atoms with Gasteiger partial charge in [0.05, 0.1) is 30.4 Å². The minimum absolute atomic E-state index is 0.0391. The molecule has 2 aliphatic carbocycles. The highest BCUT2D eigenvalue weighted by atomic mass is 79.9. The van der Waals surface area contributed by atoms with Gasteiger partial charge >= 0.3 is 5.97 Å². The highest BCUT2D eigenvalue weighted by molar-refractivity contribution is 9.10. The van der Waals surface area contributed by atoms with Gasteiger partial charge in [0.2, 0.25) is 17.6 Å². The van der Waals surface area contributed by atoms with E-state index in [2.05, 4.69) is 50.5 Å². The second-order valence-electron chi connectivity index (χ2n) is 15.6. The Morgan fingerprint density at radius 2 is 1.82 bits per heavy atom. The number of fused-ring (bicyclic) bond motifs is 1. The molecular weight excluding hydrogens is 850 g/mol. The van der Waals surface area contributed by atoms with Crippen molar-refractivity contribution in [2.24, 2.45) is 11.3 Å². The van der Waals surface area contributed by atoms with Crippen LogP contribution in [0.25, 0.3) is 22.4 Å². The molecule has 3 aromatic heterocycles. The van der Waals surface area contributed by atoms with E-state index in [0.717, 1.165) is 62.9 Å². The number of pyridine rings is 3. The predicted octanol–water partition coefficient (Wildman–Crippen LogP) is 8.62. The molecule has 14 heteroatoms. The molecule has 0 spiro atoms. The number of carbonyl (C=O) groups is 2. The average molecular weight is 895 g/mol. The molecule has 0 amide bonds. The van der Waals surface area contributed by atoms with Crippen LogP contribution in [0.3, 0.4) is 0 Å². The normalized spacial score (nSPS) is 16.8. The number of nitrogens with one attached hydrogen (secondary N) is 1. The zero-order valence-electron chi connectivity index (χ0n) is 33.3. The Morgan fingerprint density at radius 1 is 1.02 bits per heavy atom. The number of nitrogens with zero attached hydrogens (tertiary/aromatic N) is 4. The van der Waals surface area contributed by atoms with Crippen LogP contribution in [0.4, 0.5) is 0 Å². The van der Waals surface area contributed by atoms with Gasteiger partial charge in [-0.2, -0.15) is 10.2 Å². The van der Waals surface area contributed by atoms with Gasteiger partial charge < -0.3 is 29.7 Å². The first-order chi connectivity index (χ1) is 29.0. The zero-order valence-corrected chi connectivity index (χ0v) is 35.7. The Bertz CT molecular complexity index is 2460. The van der Waals surface area contributed by atoms with E-state index in [4.69, 9.17) is 35.8 Å². The number of aliphatic carboxylic acids is 1. The minimum Gasteiger partial charge on any atom is -0.481 e. The smallest absolute Gasteiger partial charge is 0.311 e. The molecule has 1 fully saturated rings. The van der Waals surface area contributed by atoms with Crippen molar-refractivity contribution in [3.63, 3.8) is 0 Å². The van der Waals surface area contributed by atoms with Crippen molar-refractivity contribution in [1.29, 1.82) is 5.26 Å². The molecule has 310 valence electrons. The third-order valence-corrected chi connectivity index (χ3v) is 12.5. The molecule has 3 atom stereocenters. The van der Waals surface area contributed by atoms with Gasteiger partial charge in [-0.1, -0.05) is 54.1 Å². The minimum atomic E-state index is -1.38. The zero-order chi connectivity index (χ0) is 42.4. The van der Waals surface area contributed by atoms with E-state index in [0.29, 0.717) is 60.1 Å². The fraction of sp³-hybridized carbons (Fsp3) is 0.348. The van der Waals surface area contributed by atoms with E-state index in [9.17, 15) is 25.1 Å². The number of benzene rings is 2. The summed E-state index contributed by atoms with van der Waals surface area (Å²) in [5.41, 5.74) is 7.03. The molecule has 2 aromatic carbocycles. The van der Waals surface area contributed by atoms with Gasteiger partial charge in [0.25, 0.3) is 0 Å². The van der Waals surface area contributed by atoms with Gasteiger partial charge in [0.15, 0.2) is 0 Å². The van der Waals surface area contributed by atoms with Gasteiger partial charge in [-0.15, -0.1) is 0 Å². The molecule has 2 aliphatic rings. The Kier molecular flexibility index (Phi) is 13.5. The maximum absolute atomic E-state index is 12.0. The summed E-state index contributed by atoms with van der Waals surface area (Å²) in [5, 5.41) is 32.7. The number of ether oxygens (including phenoxy) is 3. The number of carbonyl (C=O) groups excluding carboxylic acids is 1. The van der Waals surface area contributed by atoms with Crippen molar-refractivity contribution < 1.29 is 34.0 Å². The van der Waals surface area contributed by atoms with Crippen molar-refractivity contribution in [1.82, 2.24) is 20.3 Å². The van der Waals surface area contributed by atoms with Crippen LogP contribution >= 0.6 is 27.5 Å². The number of ketones is 1. The number of nitriles is 1. The number of rotatable bonds is 17. The number of aromatic nitrogens is 3. The van der Waals surface area contributed by atoms with Crippen LogP contribution in [0.1, 0.15) is 78.5 Å². The number of methoxy groups -OCH3 is 1. The molecule has 1 saturated carbocycles. The number of aliphatic hydroxyl groups excluding tert-OH is 1. The number of hydrogen-bond acceptors (Lipinski definition) is 11. The van der Waals surface area contributed by atoms with Crippen molar-refractivity contribution in [2.45, 2.75) is 71.1 Å². The van der Waals surface area contributed by atoms with Crippen LogP contribution in [-0.2, 0) is 35.6 Å². The molecule has 12 nitrogen and oxygen atoms in total. The summed E-state index contributed by atoms with van der Waals surface area (Å²) in [6.07, 6.45) is 6.66. The molecule has 0 unspecified atom stereocenters. The highest BCUT2D eigenvalue weighted by Crippen LogP contribution is 2.45. The lowest BCUT2D eigenvalue weighted by molar-refractivity contribution is -0.150. The van der Waals surface area contributed by atoms with Crippen LogP contribution in [0.5, 0.6) is 17.6 Å². The Hall–Kier alpha value is -5.39. The Labute approximate surface area is 362 Å². The summed E-state index contributed by atoms with van der Waals surface area (Å²) < 4.78 is 19.4. The van der Waals surface area contributed by atoms with Crippen LogP contribution in [0.2, 0.25) is 5.02 Å². The number of carboxylic acid groups (broad SMARTS) is 1. The van der Waals surface area contributed by atoms with E-state index < -0.39 is 18.0 Å². The van der Waals surface area contributed by atoms with Crippen molar-refractivity contribution in [3.05, 3.63) is 116 Å². The number of aryl methyl sites for hydroxylation is 1. The third-order valence-electron chi connectivity index (χ3n) is 11.4. The quantitative estimate of drug-likeness (QED) is 0.0811. The number of hydrogen-bond donors (Lipinski definition) is 3. The van der Waals surface area contributed by atoms with E-state index in [1.165, 1.54) is 13.1 Å². The Balaban J connectivity index is 1.12. The summed E-state index contributed by atoms with van der Waals surface area (Å²) in [6.45, 7) is 2.35. The first-order valence-electron chi connectivity index (χ1n) is 19.8. The summed E-state index contributed by atoms with van der Waals surface area (Å²) in [7, 11) is 1.62. The lowest BCUT2D eigenvalue weighted by Crippen LogP contribution is -2.32. The molecule has 0 radical (unpaired) electrons. The number of halogens is 2. The molecule has 0 bridgehead atoms. The summed E-state index contributed by atoms with van der Waals surface area (Å²) in [4.78, 5) is 37.4. The maximum atomic E-state index is 12.0. The summed E-state index contributed by atoms with van der Waals surface area (Å²) in [6, 6.07) is 21.7. The monoisotopic (exact) mass is 893 g/mol. The van der Waals surface area contributed by atoms with Gasteiger partial charge in [0, 0.05) is 58.5 Å². The molecule has 60 heavy (non-hydrogen) atoms. The van der Waals surface area contributed by atoms with Gasteiger partial charge in [-0.3, -0.25) is 14.6 Å². The lowest BCUT2D eigenvalue weighted by atomic mass is 9.85. The second kappa shape index (κ2) is 18.9. The topological polar surface area (TPSA) is 177 Å². The lowest BCUT2D eigenvalue weighted by Gasteiger charge is -2.23. The highest BCUT2D eigenvalue weighted by Gasteiger charge is 2.33. The largest absolute Gasteiger partial charge is 0.481 e. The Morgan fingerprint density at radius 3 is 2.57 bits per heavy atom. The number of carboxylic acids is 1. The van der Waals surface area contributed by atoms with E-state index in [1.807, 2.05) is 30.3 Å². The standard InChI is InChI=1S/C46H45BrClN5O7/c1-46(26-54,45(56)57)16-15-30-19-38(48)44(53-43(30)59-25-29-17-28(20-49)22-50-23-29)60-40-14-12-34-33(5-3-6-35(34)40)36-7-4-8-37(41(36)47)39-13-10-31(42(52-39)58-2)24-51-21-27-9-11-32(55)18-27/h3-8,10,13,17,19,22-23,27,40,51,54H,9,11-12,14-16,18,21,24-26H2,1-2H3,(H,56,57)/t27-,40+,46+/m1/s1. The number of aliphatic hydroxyl groups is 1. The summed E-state index contributed by atoms with van der Waals surface area (Å²) >= 11 is 10.8. The molecule has 0 saturated heterocycles. The van der Waals surface area contributed by atoms with Crippen molar-refractivity contribution >= 4 is 39.3 Å². The van der Waals surface area contributed by atoms with Crippen LogP contribution in [0.15, 0.2) is 77.5 Å². The first kappa shape index (κ1) is 42.7. The van der Waals surface area contributed by atoms with E-state index in [1.54, 1.807) is 25.4 Å². The SMILES string of the molecule is COc1nc(-c2cccc(-c3cccc4c3CC[C@@H]4Oc3nc(OCc4cncc(C#N)c4)c(CC[C@@](C)(CO)C(=O)O)cc3Cl)c2Br)ccc1CNC[C@@H]1CCC(=O)C1. The third kappa shape index (κ3) is 9.48. The van der Waals surface area contributed by atoms with E-state index >= 15 is 0 Å². The predicted molar refractivity (Wildman–Crippen MR) is 229 cm³/mol. The number of Topliss-reactive ketones (excluding diaryl/α,β-unsaturated/α-hetero) is 1. The van der Waals surface area contributed by atoms with Crippen molar-refractivity contribution in [2.75, 3.05) is 20.3 Å². The molecule has 5 aromatic rings. The van der Waals surface area contributed by atoms with Crippen LogP contribution in [-0.4, -0.2) is 57.2 Å². The van der Waals surface area contributed by atoms with Crippen LogP contribution in [0, 0.1) is 22.7 Å². The first-order valence-corrected chi connectivity index (χ1v) is 21.0. The van der Waals surface area contributed by atoms with Gasteiger partial charge in [0.1, 0.15) is 29.6 Å². The molecule has 7 rings (SSSR count). The van der Waals surface area contributed by atoms with Gasteiger partial charge in [-0.25, -0.2) is 4.98 Å². The maximum Gasteiger partial charge on any atom is 0.311 e. The average Bonchev–Trinajstić information content (AvgIpc) is 3.88. The molecule has 3 heterocycles. The van der Waals surface area contributed by atoms with E-state index in [-0.39, 0.29) is 42.3 Å². The van der Waals surface area contributed by atoms with Gasteiger partial charge in [-0.05, 0) is 108 Å². The molecular formula is C46H45BrClN5O7. The summed E-state index contributed by atoms with van der Waals surface area (Å²) in [5.74, 6) is 0.515. The fourth-order valence-electron chi connectivity index (χ4n) is 7.79. The fourth-order valence-corrected chi connectivity index (χ4v) is 8.69. The van der Waals surface area contributed by atoms with Crippen molar-refractivity contribution in [3.8, 4) is 46.1 Å².